The lowest BCUT2D eigenvalue weighted by Gasteiger charge is -2.16. The zero-order valence-electron chi connectivity index (χ0n) is 9.85. The monoisotopic (exact) mass is 271 g/mol. The minimum atomic E-state index is -0.947. The fraction of sp³-hybridized carbons (Fsp3) is 0.333. The van der Waals surface area contributed by atoms with Crippen molar-refractivity contribution in [2.75, 3.05) is 7.11 Å². The van der Waals surface area contributed by atoms with Crippen molar-refractivity contribution >= 4 is 23.5 Å². The van der Waals surface area contributed by atoms with Gasteiger partial charge in [0.15, 0.2) is 0 Å². The molecular weight excluding hydrogens is 258 g/mol. The van der Waals surface area contributed by atoms with E-state index in [9.17, 15) is 9.59 Å². The van der Waals surface area contributed by atoms with Crippen LogP contribution in [0, 0.1) is 0 Å². The van der Waals surface area contributed by atoms with Crippen LogP contribution in [-0.2, 0) is 9.53 Å². The van der Waals surface area contributed by atoms with Crippen molar-refractivity contribution in [2.24, 2.45) is 5.73 Å². The average molecular weight is 272 g/mol. The smallest absolute Gasteiger partial charge is 0.338 e. The van der Waals surface area contributed by atoms with Crippen molar-refractivity contribution in [1.29, 1.82) is 0 Å². The standard InChI is InChI=1S/C12H14ClNO4/c1-18-12(17)7-3-2-4-8(13)11(7)9(14)5-6-10(15)16/h2-4,9H,5-6,14H2,1H3,(H,15,16). The van der Waals surface area contributed by atoms with Crippen molar-refractivity contribution in [2.45, 2.75) is 18.9 Å². The van der Waals surface area contributed by atoms with E-state index < -0.39 is 18.0 Å². The number of benzene rings is 1. The van der Waals surface area contributed by atoms with Gasteiger partial charge in [-0.15, -0.1) is 0 Å². The maximum Gasteiger partial charge on any atom is 0.338 e. The van der Waals surface area contributed by atoms with Gasteiger partial charge in [-0.05, 0) is 18.6 Å². The molecule has 18 heavy (non-hydrogen) atoms. The van der Waals surface area contributed by atoms with Gasteiger partial charge in [0.2, 0.25) is 0 Å². The summed E-state index contributed by atoms with van der Waals surface area (Å²) in [6.07, 6.45) is 0.107. The molecule has 1 aromatic rings. The van der Waals surface area contributed by atoms with E-state index in [2.05, 4.69) is 4.74 Å². The number of halogens is 1. The van der Waals surface area contributed by atoms with Gasteiger partial charge in [0.05, 0.1) is 12.7 Å². The van der Waals surface area contributed by atoms with Gasteiger partial charge in [0.1, 0.15) is 0 Å². The molecule has 3 N–H and O–H groups in total. The minimum Gasteiger partial charge on any atom is -0.481 e. The number of ether oxygens (including phenoxy) is 1. The first-order chi connectivity index (χ1) is 8.47. The molecule has 0 saturated heterocycles. The fourth-order valence-corrected chi connectivity index (χ4v) is 1.94. The summed E-state index contributed by atoms with van der Waals surface area (Å²) in [7, 11) is 1.26. The molecule has 0 bridgehead atoms. The molecule has 6 heteroatoms. The Labute approximate surface area is 109 Å². The average Bonchev–Trinajstić information content (AvgIpc) is 2.34. The number of nitrogens with two attached hydrogens (primary N) is 1. The first-order valence-electron chi connectivity index (χ1n) is 5.31. The van der Waals surface area contributed by atoms with Crippen molar-refractivity contribution in [3.63, 3.8) is 0 Å². The Morgan fingerprint density at radius 3 is 2.72 bits per heavy atom. The molecule has 1 rings (SSSR count). The quantitative estimate of drug-likeness (QED) is 0.800. The molecule has 0 aliphatic carbocycles. The van der Waals surface area contributed by atoms with Gasteiger partial charge in [-0.3, -0.25) is 4.79 Å². The van der Waals surface area contributed by atoms with Crippen molar-refractivity contribution in [1.82, 2.24) is 0 Å². The predicted molar refractivity (Wildman–Crippen MR) is 66.6 cm³/mol. The number of esters is 1. The molecule has 0 radical (unpaired) electrons. The Morgan fingerprint density at radius 1 is 1.50 bits per heavy atom. The summed E-state index contributed by atoms with van der Waals surface area (Å²) in [4.78, 5) is 22.1. The fourth-order valence-electron chi connectivity index (χ4n) is 1.63. The third kappa shape index (κ3) is 3.45. The maximum absolute atomic E-state index is 11.6. The van der Waals surface area contributed by atoms with Gasteiger partial charge in [0.25, 0.3) is 0 Å². The van der Waals surface area contributed by atoms with E-state index in [1.807, 2.05) is 0 Å². The maximum atomic E-state index is 11.6. The lowest BCUT2D eigenvalue weighted by atomic mass is 9.97. The van der Waals surface area contributed by atoms with E-state index in [-0.39, 0.29) is 18.4 Å². The topological polar surface area (TPSA) is 89.6 Å². The molecule has 1 aromatic carbocycles. The first-order valence-corrected chi connectivity index (χ1v) is 5.69. The molecule has 0 aliphatic rings. The second kappa shape index (κ2) is 6.37. The van der Waals surface area contributed by atoms with Crippen molar-refractivity contribution < 1.29 is 19.4 Å². The molecule has 1 unspecified atom stereocenters. The second-order valence-corrected chi connectivity index (χ2v) is 4.14. The minimum absolute atomic E-state index is 0.0903. The Hall–Kier alpha value is -1.59. The summed E-state index contributed by atoms with van der Waals surface area (Å²) in [5.74, 6) is -1.49. The highest BCUT2D eigenvalue weighted by Gasteiger charge is 2.20. The van der Waals surface area contributed by atoms with Gasteiger partial charge in [-0.1, -0.05) is 17.7 Å². The number of rotatable bonds is 5. The van der Waals surface area contributed by atoms with Crippen LogP contribution in [0.5, 0.6) is 0 Å². The number of hydrogen-bond donors (Lipinski definition) is 2. The van der Waals surface area contributed by atoms with E-state index in [1.54, 1.807) is 18.2 Å². The third-order valence-corrected chi connectivity index (χ3v) is 2.83. The van der Waals surface area contributed by atoms with E-state index in [0.717, 1.165) is 0 Å². The molecular formula is C12H14ClNO4. The number of carboxylic acids is 1. The lowest BCUT2D eigenvalue weighted by Crippen LogP contribution is -2.17. The normalized spacial score (nSPS) is 11.9. The van der Waals surface area contributed by atoms with Gasteiger partial charge in [0, 0.05) is 23.0 Å². The van der Waals surface area contributed by atoms with Crippen LogP contribution in [0.4, 0.5) is 0 Å². The van der Waals surface area contributed by atoms with Crippen LogP contribution in [0.1, 0.15) is 34.8 Å². The molecule has 0 aliphatic heterocycles. The Morgan fingerprint density at radius 2 is 2.17 bits per heavy atom. The van der Waals surface area contributed by atoms with Crippen LogP contribution in [0.3, 0.4) is 0 Å². The molecule has 98 valence electrons. The Kier molecular flexibility index (Phi) is 5.12. The van der Waals surface area contributed by atoms with E-state index in [0.29, 0.717) is 10.6 Å². The Bertz CT molecular complexity index is 461. The summed E-state index contributed by atoms with van der Waals surface area (Å²) < 4.78 is 4.64. The van der Waals surface area contributed by atoms with Gasteiger partial charge in [-0.25, -0.2) is 4.79 Å². The predicted octanol–water partition coefficient (Wildman–Crippen LogP) is 1.99. The van der Waals surface area contributed by atoms with Gasteiger partial charge in [-0.2, -0.15) is 0 Å². The molecule has 0 saturated carbocycles. The van der Waals surface area contributed by atoms with Crippen LogP contribution < -0.4 is 5.73 Å². The van der Waals surface area contributed by atoms with E-state index in [1.165, 1.54) is 7.11 Å². The first kappa shape index (κ1) is 14.5. The van der Waals surface area contributed by atoms with E-state index >= 15 is 0 Å². The number of hydrogen-bond acceptors (Lipinski definition) is 4. The number of methoxy groups -OCH3 is 1. The van der Waals surface area contributed by atoms with Gasteiger partial charge >= 0.3 is 11.9 Å². The number of aliphatic carboxylic acids is 1. The highest BCUT2D eigenvalue weighted by atomic mass is 35.5. The summed E-state index contributed by atoms with van der Waals surface area (Å²) in [6, 6.07) is 4.14. The molecule has 0 amide bonds. The molecule has 0 fully saturated rings. The van der Waals surface area contributed by atoms with Crippen LogP contribution in [0.25, 0.3) is 0 Å². The van der Waals surface area contributed by atoms with Crippen LogP contribution in [0.15, 0.2) is 18.2 Å². The largest absolute Gasteiger partial charge is 0.481 e. The second-order valence-electron chi connectivity index (χ2n) is 3.73. The summed E-state index contributed by atoms with van der Waals surface area (Å²) >= 11 is 6.01. The van der Waals surface area contributed by atoms with Crippen molar-refractivity contribution in [3.8, 4) is 0 Å². The summed E-state index contributed by atoms with van der Waals surface area (Å²) in [6.45, 7) is 0. The van der Waals surface area contributed by atoms with Crippen LogP contribution in [-0.4, -0.2) is 24.2 Å². The number of carbonyl (C=O) groups is 2. The third-order valence-electron chi connectivity index (χ3n) is 2.50. The summed E-state index contributed by atoms with van der Waals surface area (Å²) in [5.41, 5.74) is 6.57. The zero-order chi connectivity index (χ0) is 13.7. The highest BCUT2D eigenvalue weighted by Crippen LogP contribution is 2.28. The number of carbonyl (C=O) groups excluding carboxylic acids is 1. The molecule has 5 nitrogen and oxygen atoms in total. The molecule has 0 heterocycles. The molecule has 0 spiro atoms. The SMILES string of the molecule is COC(=O)c1cccc(Cl)c1C(N)CCC(=O)O. The van der Waals surface area contributed by atoms with Crippen LogP contribution >= 0.6 is 11.6 Å². The van der Waals surface area contributed by atoms with Crippen LogP contribution in [0.2, 0.25) is 5.02 Å². The zero-order valence-corrected chi connectivity index (χ0v) is 10.6. The van der Waals surface area contributed by atoms with E-state index in [4.69, 9.17) is 22.4 Å². The molecule has 0 aromatic heterocycles. The number of carboxylic acid groups (broad SMARTS) is 1. The van der Waals surface area contributed by atoms with Gasteiger partial charge < -0.3 is 15.6 Å². The molecule has 1 atom stereocenters. The lowest BCUT2D eigenvalue weighted by molar-refractivity contribution is -0.137. The highest BCUT2D eigenvalue weighted by molar-refractivity contribution is 6.31. The van der Waals surface area contributed by atoms with Crippen molar-refractivity contribution in [3.05, 3.63) is 34.3 Å². The Balaban J connectivity index is 3.05. The summed E-state index contributed by atoms with van der Waals surface area (Å²) in [5, 5.41) is 8.95.